The summed E-state index contributed by atoms with van der Waals surface area (Å²) in [4.78, 5) is 20.9. The van der Waals surface area contributed by atoms with Crippen molar-refractivity contribution >= 4 is 39.1 Å². The van der Waals surface area contributed by atoms with Crippen LogP contribution in [0, 0.1) is 0 Å². The number of benzene rings is 3. The Balaban J connectivity index is 1.42. The van der Waals surface area contributed by atoms with E-state index in [1.54, 1.807) is 12.3 Å². The zero-order chi connectivity index (χ0) is 20.8. The van der Waals surface area contributed by atoms with Crippen molar-refractivity contribution in [3.8, 4) is 5.75 Å². The first-order valence-corrected chi connectivity index (χ1v) is 10.00. The fourth-order valence-electron chi connectivity index (χ4n) is 2.79. The molecule has 0 aliphatic heterocycles. The Labute approximate surface area is 181 Å². The molecular weight excluding hydrogens is 444 g/mol. The number of nitrogens with zero attached hydrogens (tertiary/aromatic N) is 3. The molecule has 4 aromatic rings. The molecular formula is C23H17BrN4O2. The van der Waals surface area contributed by atoms with Gasteiger partial charge in [-0.15, -0.1) is 0 Å². The second-order valence-electron chi connectivity index (χ2n) is 6.40. The molecule has 0 saturated heterocycles. The van der Waals surface area contributed by atoms with Crippen molar-refractivity contribution in [2.75, 3.05) is 0 Å². The molecule has 0 saturated carbocycles. The minimum atomic E-state index is -0.433. The average molecular weight is 461 g/mol. The fraction of sp³-hybridized carbons (Fsp3) is 0.0435. The van der Waals surface area contributed by atoms with Gasteiger partial charge in [-0.3, -0.25) is 9.78 Å². The number of para-hydroxylation sites is 3. The smallest absolute Gasteiger partial charge is 0.291 e. The Morgan fingerprint density at radius 3 is 2.70 bits per heavy atom. The number of fused-ring (bicyclic) bond motifs is 1. The minimum absolute atomic E-state index is 0.199. The molecule has 0 spiro atoms. The van der Waals surface area contributed by atoms with Gasteiger partial charge in [0.15, 0.2) is 0 Å². The summed E-state index contributed by atoms with van der Waals surface area (Å²) < 4.78 is 6.92. The molecule has 7 heteroatoms. The lowest BCUT2D eigenvalue weighted by Gasteiger charge is -2.09. The number of carbonyl (C=O) groups excluding carboxylic acids is 1. The van der Waals surface area contributed by atoms with Crippen molar-refractivity contribution in [2.45, 2.75) is 6.61 Å². The van der Waals surface area contributed by atoms with Crippen molar-refractivity contribution < 1.29 is 9.53 Å². The average Bonchev–Trinajstić information content (AvgIpc) is 2.78. The predicted molar refractivity (Wildman–Crippen MR) is 120 cm³/mol. The van der Waals surface area contributed by atoms with Crippen LogP contribution in [0.4, 0.5) is 0 Å². The lowest BCUT2D eigenvalue weighted by Crippen LogP contribution is -2.19. The second kappa shape index (κ2) is 9.28. The number of nitrogens with one attached hydrogen (secondary N) is 1. The van der Waals surface area contributed by atoms with E-state index in [9.17, 15) is 4.79 Å². The first kappa shape index (κ1) is 19.7. The molecule has 0 fully saturated rings. The number of halogens is 1. The van der Waals surface area contributed by atoms with E-state index in [-0.39, 0.29) is 5.69 Å². The van der Waals surface area contributed by atoms with Gasteiger partial charge in [0.25, 0.3) is 5.91 Å². The third-order valence-corrected chi connectivity index (χ3v) is 4.75. The van der Waals surface area contributed by atoms with E-state index in [1.807, 2.05) is 66.7 Å². The quantitative estimate of drug-likeness (QED) is 0.333. The van der Waals surface area contributed by atoms with Gasteiger partial charge in [0.2, 0.25) is 0 Å². The molecule has 0 bridgehead atoms. The molecule has 4 rings (SSSR count). The van der Waals surface area contributed by atoms with Crippen molar-refractivity contribution in [1.29, 1.82) is 0 Å². The van der Waals surface area contributed by atoms with E-state index in [0.717, 1.165) is 21.1 Å². The van der Waals surface area contributed by atoms with Crippen molar-refractivity contribution in [3.63, 3.8) is 0 Å². The molecule has 0 unspecified atom stereocenters. The molecule has 0 aliphatic carbocycles. The molecule has 0 aliphatic rings. The Kier molecular flexibility index (Phi) is 6.10. The van der Waals surface area contributed by atoms with Crippen LogP contribution in [0.25, 0.3) is 11.0 Å². The van der Waals surface area contributed by atoms with Gasteiger partial charge in [0.05, 0.1) is 23.4 Å². The molecule has 148 valence electrons. The summed E-state index contributed by atoms with van der Waals surface area (Å²) in [5.74, 6) is 0.234. The first-order chi connectivity index (χ1) is 14.7. The van der Waals surface area contributed by atoms with Crippen LogP contribution in [0.2, 0.25) is 0 Å². The number of aromatic nitrogens is 2. The van der Waals surface area contributed by atoms with Crippen LogP contribution < -0.4 is 10.2 Å². The number of hydrogen-bond donors (Lipinski definition) is 1. The summed E-state index contributed by atoms with van der Waals surface area (Å²) in [5, 5.41) is 4.05. The molecule has 1 heterocycles. The van der Waals surface area contributed by atoms with Crippen molar-refractivity contribution in [2.24, 2.45) is 5.10 Å². The number of carbonyl (C=O) groups is 1. The standard InChI is InChI=1S/C23H17BrN4O2/c24-18-8-5-6-16(12-18)15-30-22-11-4-1-7-17(22)13-26-28-23(29)21-14-25-19-9-2-3-10-20(19)27-21/h1-14H,15H2,(H,28,29)/b26-13-. The summed E-state index contributed by atoms with van der Waals surface area (Å²) >= 11 is 3.46. The number of rotatable bonds is 6. The summed E-state index contributed by atoms with van der Waals surface area (Å²) in [5.41, 5.74) is 5.86. The second-order valence-corrected chi connectivity index (χ2v) is 7.32. The highest BCUT2D eigenvalue weighted by Gasteiger charge is 2.08. The first-order valence-electron chi connectivity index (χ1n) is 9.20. The number of ether oxygens (including phenoxy) is 1. The highest BCUT2D eigenvalue weighted by Crippen LogP contribution is 2.19. The van der Waals surface area contributed by atoms with Crippen LogP contribution >= 0.6 is 15.9 Å². The van der Waals surface area contributed by atoms with Crippen LogP contribution in [0.5, 0.6) is 5.75 Å². The zero-order valence-corrected chi connectivity index (χ0v) is 17.4. The Morgan fingerprint density at radius 2 is 1.83 bits per heavy atom. The van der Waals surface area contributed by atoms with E-state index >= 15 is 0 Å². The SMILES string of the molecule is O=C(N/N=C\c1ccccc1OCc1cccc(Br)c1)c1cnc2ccccc2n1. The largest absolute Gasteiger partial charge is 0.488 e. The van der Waals surface area contributed by atoms with Gasteiger partial charge in [0.1, 0.15) is 18.1 Å². The van der Waals surface area contributed by atoms with Gasteiger partial charge >= 0.3 is 0 Å². The predicted octanol–water partition coefficient (Wildman–Crippen LogP) is 4.74. The van der Waals surface area contributed by atoms with E-state index in [1.165, 1.54) is 6.20 Å². The van der Waals surface area contributed by atoms with E-state index in [2.05, 4.69) is 36.4 Å². The van der Waals surface area contributed by atoms with Gasteiger partial charge in [-0.05, 0) is 42.0 Å². The fourth-order valence-corrected chi connectivity index (χ4v) is 3.24. The van der Waals surface area contributed by atoms with Crippen LogP contribution in [0.1, 0.15) is 21.6 Å². The number of hydrazone groups is 1. The Hall–Kier alpha value is -3.58. The van der Waals surface area contributed by atoms with E-state index in [0.29, 0.717) is 17.9 Å². The Bertz CT molecular complexity index is 1230. The van der Waals surface area contributed by atoms with Crippen molar-refractivity contribution in [3.05, 3.63) is 100 Å². The monoisotopic (exact) mass is 460 g/mol. The van der Waals surface area contributed by atoms with E-state index < -0.39 is 5.91 Å². The highest BCUT2D eigenvalue weighted by molar-refractivity contribution is 9.10. The third kappa shape index (κ3) is 4.87. The Morgan fingerprint density at radius 1 is 1.03 bits per heavy atom. The highest BCUT2D eigenvalue weighted by atomic mass is 79.9. The maximum Gasteiger partial charge on any atom is 0.291 e. The normalized spacial score (nSPS) is 11.0. The van der Waals surface area contributed by atoms with Gasteiger partial charge in [-0.1, -0.05) is 52.3 Å². The van der Waals surface area contributed by atoms with Crippen LogP contribution in [0.3, 0.4) is 0 Å². The minimum Gasteiger partial charge on any atom is -0.488 e. The zero-order valence-electron chi connectivity index (χ0n) is 15.8. The molecule has 6 nitrogen and oxygen atoms in total. The maximum atomic E-state index is 12.3. The summed E-state index contributed by atoms with van der Waals surface area (Å²) in [7, 11) is 0. The molecule has 1 amide bonds. The lowest BCUT2D eigenvalue weighted by molar-refractivity contribution is 0.0950. The van der Waals surface area contributed by atoms with Gasteiger partial charge < -0.3 is 4.74 Å². The van der Waals surface area contributed by atoms with Gasteiger partial charge in [-0.2, -0.15) is 5.10 Å². The van der Waals surface area contributed by atoms with Gasteiger partial charge in [-0.25, -0.2) is 10.4 Å². The van der Waals surface area contributed by atoms with Gasteiger partial charge in [0, 0.05) is 10.0 Å². The summed E-state index contributed by atoms with van der Waals surface area (Å²) in [6.45, 7) is 0.420. The molecule has 0 radical (unpaired) electrons. The molecule has 30 heavy (non-hydrogen) atoms. The maximum absolute atomic E-state index is 12.3. The van der Waals surface area contributed by atoms with E-state index in [4.69, 9.17) is 4.74 Å². The lowest BCUT2D eigenvalue weighted by atomic mass is 10.2. The molecule has 1 aromatic heterocycles. The molecule has 0 atom stereocenters. The van der Waals surface area contributed by atoms with Crippen molar-refractivity contribution in [1.82, 2.24) is 15.4 Å². The number of amides is 1. The van der Waals surface area contributed by atoms with Crippen LogP contribution in [0.15, 0.2) is 88.6 Å². The van der Waals surface area contributed by atoms with Crippen LogP contribution in [-0.2, 0) is 6.61 Å². The number of hydrogen-bond acceptors (Lipinski definition) is 5. The summed E-state index contributed by atoms with van der Waals surface area (Å²) in [6, 6.07) is 22.8. The molecule has 3 aromatic carbocycles. The topological polar surface area (TPSA) is 76.5 Å². The van der Waals surface area contributed by atoms with Crippen LogP contribution in [-0.4, -0.2) is 22.1 Å². The summed E-state index contributed by atoms with van der Waals surface area (Å²) in [6.07, 6.45) is 2.98. The third-order valence-electron chi connectivity index (χ3n) is 4.25. The molecule has 1 N–H and O–H groups in total.